The molecule has 0 radical (unpaired) electrons. The number of benzene rings is 2. The minimum Gasteiger partial charge on any atom is -0.461 e. The van der Waals surface area contributed by atoms with Crippen molar-refractivity contribution in [2.45, 2.75) is 143 Å². The zero-order chi connectivity index (χ0) is 65.5. The summed E-state index contributed by atoms with van der Waals surface area (Å²) in [5.74, 6) is -3.09. The van der Waals surface area contributed by atoms with Gasteiger partial charge >= 0.3 is 18.0 Å². The van der Waals surface area contributed by atoms with Crippen molar-refractivity contribution < 1.29 is 57.6 Å². The second-order valence-corrected chi connectivity index (χ2v) is 32.2. The number of alkyl carbamates (subject to hydrolysis) is 1. The van der Waals surface area contributed by atoms with Crippen LogP contribution in [0, 0.1) is 0 Å². The Labute approximate surface area is 542 Å². The quantitative estimate of drug-likeness (QED) is 0.0186. The number of ether oxygens (including phenoxy) is 3. The van der Waals surface area contributed by atoms with Gasteiger partial charge in [-0.05, 0) is 89.9 Å². The van der Waals surface area contributed by atoms with Gasteiger partial charge in [-0.3, -0.25) is 19.2 Å². The molecule has 90 heavy (non-hydrogen) atoms. The largest absolute Gasteiger partial charge is 0.461 e. The molecule has 8 rings (SSSR count). The number of esters is 2. The van der Waals surface area contributed by atoms with Gasteiger partial charge < -0.3 is 50.1 Å². The van der Waals surface area contributed by atoms with Crippen molar-refractivity contribution in [3.8, 4) is 43.4 Å². The molecule has 0 unspecified atom stereocenters. The Morgan fingerprint density at radius 3 is 1.80 bits per heavy atom. The molecule has 0 spiro atoms. The van der Waals surface area contributed by atoms with Gasteiger partial charge in [0.05, 0.1) is 36.7 Å². The van der Waals surface area contributed by atoms with E-state index in [0.717, 1.165) is 33.0 Å². The number of thiazole rings is 5. The van der Waals surface area contributed by atoms with Gasteiger partial charge in [0.25, 0.3) is 20.1 Å². The summed E-state index contributed by atoms with van der Waals surface area (Å²) in [6.45, 7) is 22.6. The van der Waals surface area contributed by atoms with Crippen LogP contribution in [-0.2, 0) is 28.2 Å². The van der Waals surface area contributed by atoms with Crippen molar-refractivity contribution in [3.05, 3.63) is 127 Å². The third-order valence-electron chi connectivity index (χ3n) is 13.7. The predicted molar refractivity (Wildman–Crippen MR) is 351 cm³/mol. The number of hydrogen-bond donors (Lipinski definition) is 6. The molecule has 6 N–H and O–H groups in total. The van der Waals surface area contributed by atoms with E-state index in [2.05, 4.69) is 76.3 Å². The summed E-state index contributed by atoms with van der Waals surface area (Å²) in [5.41, 5.74) is -0.0925. The van der Waals surface area contributed by atoms with E-state index >= 15 is 0 Å². The third-order valence-corrected chi connectivity index (χ3v) is 23.3. The van der Waals surface area contributed by atoms with E-state index in [1.54, 1.807) is 56.8 Å². The molecular weight excluding hydrogens is 1270 g/mol. The highest BCUT2D eigenvalue weighted by atomic mass is 32.1. The van der Waals surface area contributed by atoms with Crippen molar-refractivity contribution in [3.63, 3.8) is 0 Å². The molecule has 6 atom stereocenters. The highest BCUT2D eigenvalue weighted by molar-refractivity contribution is 7.15. The van der Waals surface area contributed by atoms with Crippen LogP contribution < -0.4 is 31.6 Å². The highest BCUT2D eigenvalue weighted by Gasteiger charge is 2.52. The molecule has 2 aromatic carbocycles. The number of carbonyl (C=O) groups is 6. The summed E-state index contributed by atoms with van der Waals surface area (Å²) in [5, 5.41) is 44.7. The molecule has 0 aliphatic heterocycles. The highest BCUT2D eigenvalue weighted by Crippen LogP contribution is 2.42. The molecule has 8 aromatic rings. The maximum Gasteiger partial charge on any atom is 0.408 e. The van der Waals surface area contributed by atoms with Crippen LogP contribution in [0.4, 0.5) is 4.79 Å². The zero-order valence-electron chi connectivity index (χ0n) is 51.9. The van der Waals surface area contributed by atoms with Crippen molar-refractivity contribution in [1.29, 1.82) is 0 Å². The number of aliphatic hydroxyl groups is 2. The van der Waals surface area contributed by atoms with Crippen LogP contribution in [0.5, 0.6) is 0 Å². The minimum atomic E-state index is -3.31. The Morgan fingerprint density at radius 2 is 1.19 bits per heavy atom. The number of rotatable bonds is 24. The van der Waals surface area contributed by atoms with Crippen LogP contribution in [-0.4, -0.2) is 133 Å². The Bertz CT molecular complexity index is 3790. The van der Waals surface area contributed by atoms with Crippen LogP contribution in [0.2, 0.25) is 5.04 Å². The fraction of sp³-hybridized carbons (Fsp3) is 0.387. The molecule has 22 nitrogen and oxygen atoms in total. The lowest BCUT2D eigenvalue weighted by atomic mass is 10.00. The zero-order valence-corrected chi connectivity index (χ0v) is 57.0. The first-order valence-electron chi connectivity index (χ1n) is 28.7. The Hall–Kier alpha value is -7.54. The maximum atomic E-state index is 14.9. The number of carbonyl (C=O) groups excluding carboxylic acids is 6. The molecule has 0 saturated carbocycles. The number of hydrogen-bond acceptors (Lipinski definition) is 23. The number of aliphatic hydroxyl groups excluding tert-OH is 1. The third kappa shape index (κ3) is 16.5. The van der Waals surface area contributed by atoms with Gasteiger partial charge in [0.15, 0.2) is 5.69 Å². The van der Waals surface area contributed by atoms with Gasteiger partial charge in [0, 0.05) is 39.4 Å². The number of aromatic nitrogens is 6. The average Bonchev–Trinajstić information content (AvgIpc) is 0.936. The Balaban J connectivity index is 1.17. The Kier molecular flexibility index (Phi) is 21.8. The van der Waals surface area contributed by atoms with Crippen molar-refractivity contribution >= 4 is 111 Å². The Morgan fingerprint density at radius 1 is 0.622 bits per heavy atom. The van der Waals surface area contributed by atoms with Crippen LogP contribution in [0.25, 0.3) is 43.4 Å². The molecule has 0 fully saturated rings. The molecule has 6 heterocycles. The van der Waals surface area contributed by atoms with E-state index < -0.39 is 96.7 Å². The second-order valence-electron chi connectivity index (χ2n) is 23.6. The van der Waals surface area contributed by atoms with Crippen LogP contribution in [0.15, 0.2) is 99.7 Å². The lowest BCUT2D eigenvalue weighted by Crippen LogP contribution is -2.68. The first-order chi connectivity index (χ1) is 42.5. The molecule has 0 aliphatic carbocycles. The SMILES string of the molecule is CCOC(=O)c1csc(-c2ccc(-c3nc(-c4nc(C(=O)N[C@H](C(=O)NC[C@H](C)OC(C)=O)[C@@H](C)O)cs4)cs3)nc2-c2csc([C@@H](NC(=O)c3csc([C@H](NC(=O)OC(C)(C)C)C(C)(C)O)n3)[C@@H](C)O[Si](c3ccccc3)(c3ccccc3)C(C)(C)C)n2)n1. The normalized spacial score (nSPS) is 14.1. The lowest BCUT2D eigenvalue weighted by molar-refractivity contribution is -0.146. The summed E-state index contributed by atoms with van der Waals surface area (Å²) in [7, 11) is -3.31. The summed E-state index contributed by atoms with van der Waals surface area (Å²) in [4.78, 5) is 108. The average molecular weight is 1340 g/mol. The van der Waals surface area contributed by atoms with Gasteiger partial charge in [-0.1, -0.05) is 81.4 Å². The van der Waals surface area contributed by atoms with E-state index in [9.17, 15) is 39.0 Å². The topological polar surface area (TPSA) is 305 Å². The van der Waals surface area contributed by atoms with E-state index in [4.69, 9.17) is 38.6 Å². The van der Waals surface area contributed by atoms with Crippen molar-refractivity contribution in [1.82, 2.24) is 51.2 Å². The molecule has 4 amide bonds. The molecule has 476 valence electrons. The summed E-state index contributed by atoms with van der Waals surface area (Å²) in [6.07, 6.45) is -3.48. The first-order valence-corrected chi connectivity index (χ1v) is 35.0. The minimum absolute atomic E-state index is 0.0159. The fourth-order valence-electron chi connectivity index (χ4n) is 9.59. The number of nitrogens with one attached hydrogen (secondary N) is 4. The van der Waals surface area contributed by atoms with Gasteiger partial charge in [-0.15, -0.1) is 56.7 Å². The predicted octanol–water partition coefficient (Wildman–Crippen LogP) is 9.53. The summed E-state index contributed by atoms with van der Waals surface area (Å²) < 4.78 is 23.6. The van der Waals surface area contributed by atoms with Crippen LogP contribution in [0.1, 0.15) is 144 Å². The maximum absolute atomic E-state index is 14.9. The molecule has 0 aliphatic rings. The van der Waals surface area contributed by atoms with Crippen molar-refractivity contribution in [2.24, 2.45) is 0 Å². The smallest absolute Gasteiger partial charge is 0.408 e. The summed E-state index contributed by atoms with van der Waals surface area (Å²) >= 11 is 6.00. The van der Waals surface area contributed by atoms with Gasteiger partial charge in [-0.2, -0.15) is 0 Å². The molecule has 28 heteroatoms. The fourth-order valence-corrected chi connectivity index (χ4v) is 18.7. The molecule has 0 saturated heterocycles. The molecule has 0 bridgehead atoms. The van der Waals surface area contributed by atoms with E-state index in [0.29, 0.717) is 48.4 Å². The van der Waals surface area contributed by atoms with E-state index in [1.807, 2.05) is 54.8 Å². The molecular formula is C62H72N10O12S5Si. The van der Waals surface area contributed by atoms with Crippen molar-refractivity contribution in [2.75, 3.05) is 13.2 Å². The van der Waals surface area contributed by atoms with Gasteiger partial charge in [0.2, 0.25) is 5.91 Å². The van der Waals surface area contributed by atoms with Gasteiger partial charge in [0.1, 0.15) is 83.3 Å². The number of pyridine rings is 1. The monoisotopic (exact) mass is 1340 g/mol. The van der Waals surface area contributed by atoms with E-state index in [-0.39, 0.29) is 35.2 Å². The lowest BCUT2D eigenvalue weighted by Gasteiger charge is -2.45. The molecule has 6 aromatic heterocycles. The summed E-state index contributed by atoms with van der Waals surface area (Å²) in [6, 6.07) is 20.4. The van der Waals surface area contributed by atoms with E-state index in [1.165, 1.54) is 67.1 Å². The van der Waals surface area contributed by atoms with Gasteiger partial charge in [-0.25, -0.2) is 39.5 Å². The number of amides is 4. The first kappa shape index (κ1) is 68.4. The standard InChI is InChI=1S/C62H72N10O12S5Si/c1-14-81-58(78)45-32-85-53(69-45)39-25-26-40(54-68-44(31-87-54)55-66-42(29-86-55)50(75)70-46(34(3)73)52(77)63-27-33(2)82-36(5)74)64-48(39)41-28-88-56(65-41)47(35(4)84-90(61(9,10)11,37-21-17-15-18-22-37)38-23-19-16-20-24-38)71-51(76)43-30-89-57(67-43)49(62(12,13)80)72-59(79)83-60(6,7)8/h15-26,28-35,46-47,49,73,80H,14,27H2,1-13H3,(H,63,77)(H,70,75)(H,71,76)(H,72,79)/t33-,34+,35+,46-,47-,49-/m0/s1. The number of nitrogens with zero attached hydrogens (tertiary/aromatic N) is 6. The van der Waals surface area contributed by atoms with Crippen LogP contribution in [0.3, 0.4) is 0 Å². The van der Waals surface area contributed by atoms with Crippen LogP contribution >= 0.6 is 56.7 Å². The second kappa shape index (κ2) is 28.7.